The second kappa shape index (κ2) is 10.2. The van der Waals surface area contributed by atoms with E-state index in [2.05, 4.69) is 15.3 Å². The Bertz CT molecular complexity index is 1330. The predicted molar refractivity (Wildman–Crippen MR) is 125 cm³/mol. The smallest absolute Gasteiger partial charge is 0.430 e. The molecule has 0 spiro atoms. The zero-order valence-electron chi connectivity index (χ0n) is 20.2. The van der Waals surface area contributed by atoms with Gasteiger partial charge in [-0.2, -0.15) is 26.3 Å². The van der Waals surface area contributed by atoms with Crippen molar-refractivity contribution in [2.75, 3.05) is 36.4 Å². The molecule has 39 heavy (non-hydrogen) atoms. The summed E-state index contributed by atoms with van der Waals surface area (Å²) >= 11 is 0. The Hall–Kier alpha value is -4.14. The SMILES string of the molecule is CC(O)(C(=O)N1CCN(c2ccc(NC(=O)c3oc(-c4ccccc4)nc3C(F)(F)F)cn2)CC1)C(F)(F)F. The summed E-state index contributed by atoms with van der Waals surface area (Å²) in [5, 5.41) is 11.9. The van der Waals surface area contributed by atoms with E-state index in [1.165, 1.54) is 30.5 Å². The Labute approximate surface area is 217 Å². The van der Waals surface area contributed by atoms with Crippen LogP contribution < -0.4 is 10.2 Å². The van der Waals surface area contributed by atoms with Gasteiger partial charge in [0.1, 0.15) is 5.82 Å². The van der Waals surface area contributed by atoms with Crippen molar-refractivity contribution in [1.29, 1.82) is 0 Å². The molecule has 2 aromatic heterocycles. The minimum Gasteiger partial charge on any atom is -0.430 e. The van der Waals surface area contributed by atoms with E-state index >= 15 is 0 Å². The van der Waals surface area contributed by atoms with Crippen molar-refractivity contribution >= 4 is 23.3 Å². The number of rotatable bonds is 5. The molecule has 1 aromatic carbocycles. The predicted octanol–water partition coefficient (Wildman–Crippen LogP) is 3.97. The number of amides is 2. The number of nitrogens with zero attached hydrogens (tertiary/aromatic N) is 4. The van der Waals surface area contributed by atoms with Crippen molar-refractivity contribution in [3.05, 3.63) is 60.1 Å². The molecule has 3 heterocycles. The topological polar surface area (TPSA) is 112 Å². The van der Waals surface area contributed by atoms with Gasteiger partial charge in [0, 0.05) is 31.7 Å². The number of hydrogen-bond donors (Lipinski definition) is 2. The molecule has 0 bridgehead atoms. The van der Waals surface area contributed by atoms with Gasteiger partial charge in [-0.25, -0.2) is 9.97 Å². The van der Waals surface area contributed by atoms with E-state index < -0.39 is 41.2 Å². The normalized spacial score (nSPS) is 16.1. The molecule has 4 rings (SSSR count). The van der Waals surface area contributed by atoms with E-state index in [4.69, 9.17) is 4.42 Å². The van der Waals surface area contributed by atoms with Crippen molar-refractivity contribution in [3.8, 4) is 11.5 Å². The summed E-state index contributed by atoms with van der Waals surface area (Å²) in [6, 6.07) is 10.6. The summed E-state index contributed by atoms with van der Waals surface area (Å²) in [5.74, 6) is -3.71. The molecule has 0 saturated carbocycles. The van der Waals surface area contributed by atoms with Crippen LogP contribution in [0.25, 0.3) is 11.5 Å². The Balaban J connectivity index is 1.42. The van der Waals surface area contributed by atoms with Gasteiger partial charge in [-0.15, -0.1) is 0 Å². The molecule has 15 heteroatoms. The Morgan fingerprint density at radius 2 is 1.62 bits per heavy atom. The first kappa shape index (κ1) is 27.9. The number of piperazine rings is 1. The second-order valence-corrected chi connectivity index (χ2v) is 8.77. The summed E-state index contributed by atoms with van der Waals surface area (Å²) in [7, 11) is 0. The molecule has 1 fully saturated rings. The lowest BCUT2D eigenvalue weighted by atomic mass is 10.0. The van der Waals surface area contributed by atoms with Crippen LogP contribution in [-0.2, 0) is 11.0 Å². The standard InChI is InChI=1S/C24H21F6N5O4/c1-22(38,24(28,29)30)21(37)35-11-9-34(10-12-35)16-8-7-15(13-31-16)32-19(36)17-18(23(25,26)27)33-20(39-17)14-5-3-2-4-6-14/h2-8,13,38H,9-12H2,1H3,(H,32,36). The van der Waals surface area contributed by atoms with Gasteiger partial charge in [0.15, 0.2) is 5.69 Å². The van der Waals surface area contributed by atoms with E-state index in [1.807, 2.05) is 0 Å². The molecular formula is C24H21F6N5O4. The van der Waals surface area contributed by atoms with Gasteiger partial charge in [-0.3, -0.25) is 9.59 Å². The van der Waals surface area contributed by atoms with Gasteiger partial charge in [0.2, 0.25) is 17.3 Å². The maximum atomic E-state index is 13.5. The Morgan fingerprint density at radius 1 is 0.974 bits per heavy atom. The van der Waals surface area contributed by atoms with Crippen molar-refractivity contribution < 1.29 is 45.5 Å². The molecule has 1 atom stereocenters. The fourth-order valence-electron chi connectivity index (χ4n) is 3.77. The number of carbonyl (C=O) groups is 2. The number of anilines is 2. The lowest BCUT2D eigenvalue weighted by Gasteiger charge is -2.38. The van der Waals surface area contributed by atoms with E-state index in [-0.39, 0.29) is 43.3 Å². The zero-order valence-corrected chi connectivity index (χ0v) is 20.2. The fraction of sp³-hybridized carbons (Fsp3) is 0.333. The van der Waals surface area contributed by atoms with Crippen LogP contribution >= 0.6 is 0 Å². The van der Waals surface area contributed by atoms with Gasteiger partial charge < -0.3 is 24.6 Å². The lowest BCUT2D eigenvalue weighted by Crippen LogP contribution is -2.60. The van der Waals surface area contributed by atoms with E-state index in [9.17, 15) is 41.0 Å². The number of carbonyl (C=O) groups excluding carboxylic acids is 2. The molecule has 1 aliphatic rings. The van der Waals surface area contributed by atoms with Crippen LogP contribution in [-0.4, -0.2) is 69.7 Å². The molecule has 208 valence electrons. The van der Waals surface area contributed by atoms with Crippen molar-refractivity contribution in [2.24, 2.45) is 0 Å². The summed E-state index contributed by atoms with van der Waals surface area (Å²) in [5.41, 5.74) is -4.70. The number of aromatic nitrogens is 2. The number of benzene rings is 1. The van der Waals surface area contributed by atoms with Crippen LogP contribution in [0.1, 0.15) is 23.2 Å². The van der Waals surface area contributed by atoms with Crippen LogP contribution in [0, 0.1) is 0 Å². The van der Waals surface area contributed by atoms with Crippen molar-refractivity contribution in [3.63, 3.8) is 0 Å². The first-order valence-electron chi connectivity index (χ1n) is 11.4. The largest absolute Gasteiger partial charge is 0.437 e. The third kappa shape index (κ3) is 5.82. The van der Waals surface area contributed by atoms with Gasteiger partial charge in [-0.1, -0.05) is 18.2 Å². The number of oxazole rings is 1. The molecule has 9 nitrogen and oxygen atoms in total. The molecule has 1 aliphatic heterocycles. The number of aliphatic hydroxyl groups is 1. The van der Waals surface area contributed by atoms with Gasteiger partial charge in [0.05, 0.1) is 11.9 Å². The third-order valence-corrected chi connectivity index (χ3v) is 5.99. The number of pyridine rings is 1. The number of alkyl halides is 6. The molecule has 0 aliphatic carbocycles. The third-order valence-electron chi connectivity index (χ3n) is 5.99. The lowest BCUT2D eigenvalue weighted by molar-refractivity contribution is -0.250. The number of nitrogens with one attached hydrogen (secondary N) is 1. The maximum absolute atomic E-state index is 13.5. The van der Waals surface area contributed by atoms with Crippen LogP contribution in [0.15, 0.2) is 53.1 Å². The fourth-order valence-corrected chi connectivity index (χ4v) is 3.77. The molecule has 1 saturated heterocycles. The average molecular weight is 557 g/mol. The van der Waals surface area contributed by atoms with E-state index in [0.29, 0.717) is 12.7 Å². The van der Waals surface area contributed by atoms with Crippen LogP contribution in [0.2, 0.25) is 0 Å². The average Bonchev–Trinajstić information content (AvgIpc) is 3.35. The molecule has 2 N–H and O–H groups in total. The molecule has 2 amide bonds. The van der Waals surface area contributed by atoms with Gasteiger partial charge in [0.25, 0.3) is 11.8 Å². The molecule has 0 radical (unpaired) electrons. The molecule has 1 unspecified atom stereocenters. The van der Waals surface area contributed by atoms with Gasteiger partial charge in [-0.05, 0) is 31.2 Å². The van der Waals surface area contributed by atoms with E-state index in [0.717, 1.165) is 4.90 Å². The summed E-state index contributed by atoms with van der Waals surface area (Å²) in [6.45, 7) is 0.387. The minimum atomic E-state index is -5.13. The summed E-state index contributed by atoms with van der Waals surface area (Å²) < 4.78 is 84.6. The highest BCUT2D eigenvalue weighted by Crippen LogP contribution is 2.35. The van der Waals surface area contributed by atoms with E-state index in [1.54, 1.807) is 23.1 Å². The monoisotopic (exact) mass is 557 g/mol. The zero-order chi connectivity index (χ0) is 28.6. The highest BCUT2D eigenvalue weighted by Gasteiger charge is 2.57. The summed E-state index contributed by atoms with van der Waals surface area (Å²) in [6.07, 6.45) is -8.90. The Morgan fingerprint density at radius 3 is 2.15 bits per heavy atom. The maximum Gasteiger partial charge on any atom is 0.437 e. The second-order valence-electron chi connectivity index (χ2n) is 8.77. The van der Waals surface area contributed by atoms with Crippen molar-refractivity contribution in [1.82, 2.24) is 14.9 Å². The highest BCUT2D eigenvalue weighted by atomic mass is 19.4. The summed E-state index contributed by atoms with van der Waals surface area (Å²) in [4.78, 5) is 34.9. The van der Waals surface area contributed by atoms with Crippen LogP contribution in [0.3, 0.4) is 0 Å². The molecular weight excluding hydrogens is 536 g/mol. The van der Waals surface area contributed by atoms with Crippen LogP contribution in [0.5, 0.6) is 0 Å². The molecule has 3 aromatic rings. The first-order valence-corrected chi connectivity index (χ1v) is 11.4. The minimum absolute atomic E-state index is 0.0459. The van der Waals surface area contributed by atoms with Crippen molar-refractivity contribution in [2.45, 2.75) is 24.9 Å². The first-order chi connectivity index (χ1) is 18.2. The quantitative estimate of drug-likeness (QED) is 0.457. The number of hydrogen-bond acceptors (Lipinski definition) is 7. The number of halogens is 6. The van der Waals surface area contributed by atoms with Gasteiger partial charge >= 0.3 is 12.4 Å². The Kier molecular flexibility index (Phi) is 7.29. The van der Waals surface area contributed by atoms with Crippen LogP contribution in [0.4, 0.5) is 37.8 Å². The highest BCUT2D eigenvalue weighted by molar-refractivity contribution is 6.03.